The summed E-state index contributed by atoms with van der Waals surface area (Å²) >= 11 is 0. The Hall–Kier alpha value is -4.00. The van der Waals surface area contributed by atoms with E-state index >= 15 is 0 Å². The third-order valence-corrected chi connectivity index (χ3v) is 5.27. The summed E-state index contributed by atoms with van der Waals surface area (Å²) in [6.45, 7) is 2.02. The molecule has 0 amide bonds. The average molecular weight is 410 g/mol. The van der Waals surface area contributed by atoms with Gasteiger partial charge in [-0.25, -0.2) is 9.97 Å². The number of anilines is 3. The second-order valence-corrected chi connectivity index (χ2v) is 7.38. The Balaban J connectivity index is 1.47. The molecule has 7 heteroatoms. The molecule has 154 valence electrons. The number of nitrogens with zero attached hydrogens (tertiary/aromatic N) is 5. The maximum Gasteiger partial charge on any atom is 0.255 e. The number of hydrogen-bond donors (Lipinski definition) is 1. The quantitative estimate of drug-likeness (QED) is 0.539. The molecule has 1 aliphatic heterocycles. The fourth-order valence-corrected chi connectivity index (χ4v) is 3.73. The summed E-state index contributed by atoms with van der Waals surface area (Å²) in [5, 5.41) is 3.28. The number of fused-ring (bicyclic) bond motifs is 1. The highest BCUT2D eigenvalue weighted by Gasteiger charge is 2.23. The van der Waals surface area contributed by atoms with Crippen LogP contribution in [-0.2, 0) is 13.1 Å². The van der Waals surface area contributed by atoms with Crippen molar-refractivity contribution in [2.75, 3.05) is 16.8 Å². The molecular weight excluding hydrogens is 388 g/mol. The van der Waals surface area contributed by atoms with Crippen LogP contribution in [0.4, 0.5) is 17.7 Å². The smallest absolute Gasteiger partial charge is 0.255 e. The topological polar surface area (TPSA) is 75.9 Å². The fourth-order valence-electron chi connectivity index (χ4n) is 3.73. The van der Waals surface area contributed by atoms with Gasteiger partial charge in [-0.05, 0) is 18.1 Å². The van der Waals surface area contributed by atoms with Crippen LogP contribution < -0.4 is 15.8 Å². The van der Waals surface area contributed by atoms with Crippen LogP contribution in [0.25, 0.3) is 11.3 Å². The lowest BCUT2D eigenvalue weighted by Gasteiger charge is -2.30. The minimum atomic E-state index is -0.0509. The van der Waals surface area contributed by atoms with Crippen LogP contribution in [0.2, 0.25) is 0 Å². The molecule has 1 N–H and O–H groups in total. The Morgan fingerprint density at radius 3 is 2.48 bits per heavy atom. The van der Waals surface area contributed by atoms with Gasteiger partial charge in [-0.1, -0.05) is 60.7 Å². The van der Waals surface area contributed by atoms with E-state index in [1.54, 1.807) is 16.8 Å². The molecule has 3 heterocycles. The second-order valence-electron chi connectivity index (χ2n) is 7.38. The van der Waals surface area contributed by atoms with Crippen LogP contribution in [0, 0.1) is 0 Å². The molecule has 1 aliphatic rings. The molecule has 0 radical (unpaired) electrons. The van der Waals surface area contributed by atoms with E-state index in [1.165, 1.54) is 0 Å². The van der Waals surface area contributed by atoms with Gasteiger partial charge in [0.25, 0.3) is 5.56 Å². The molecular formula is C24H22N6O. The van der Waals surface area contributed by atoms with E-state index in [4.69, 9.17) is 9.97 Å². The van der Waals surface area contributed by atoms with Gasteiger partial charge in [-0.2, -0.15) is 4.98 Å². The summed E-state index contributed by atoms with van der Waals surface area (Å²) in [4.78, 5) is 28.7. The zero-order valence-electron chi connectivity index (χ0n) is 17.0. The molecule has 0 saturated carbocycles. The van der Waals surface area contributed by atoms with Crippen molar-refractivity contribution in [3.63, 3.8) is 0 Å². The van der Waals surface area contributed by atoms with E-state index in [2.05, 4.69) is 22.4 Å². The van der Waals surface area contributed by atoms with Crippen LogP contribution in [0.3, 0.4) is 0 Å². The van der Waals surface area contributed by atoms with Crippen molar-refractivity contribution in [1.29, 1.82) is 0 Å². The maximum atomic E-state index is 12.8. The van der Waals surface area contributed by atoms with Crippen LogP contribution in [0.15, 0.2) is 83.8 Å². The zero-order valence-corrected chi connectivity index (χ0v) is 17.0. The third-order valence-electron chi connectivity index (χ3n) is 5.27. The summed E-state index contributed by atoms with van der Waals surface area (Å²) in [5.74, 6) is 1.88. The van der Waals surface area contributed by atoms with Gasteiger partial charge in [0.15, 0.2) is 0 Å². The van der Waals surface area contributed by atoms with Crippen molar-refractivity contribution in [3.8, 4) is 11.3 Å². The molecule has 5 rings (SSSR count). The first-order chi connectivity index (χ1) is 15.3. The Labute approximate surface area is 180 Å². The van der Waals surface area contributed by atoms with Crippen molar-refractivity contribution in [2.45, 2.75) is 19.5 Å². The first-order valence-corrected chi connectivity index (χ1v) is 10.3. The van der Waals surface area contributed by atoms with E-state index in [9.17, 15) is 4.79 Å². The molecule has 2 aromatic carbocycles. The first kappa shape index (κ1) is 19.0. The lowest BCUT2D eigenvalue weighted by molar-refractivity contribution is 0.561. The van der Waals surface area contributed by atoms with Crippen LogP contribution in [0.5, 0.6) is 0 Å². The van der Waals surface area contributed by atoms with Crippen LogP contribution in [0.1, 0.15) is 12.0 Å². The second kappa shape index (κ2) is 8.39. The minimum Gasteiger partial charge on any atom is -0.350 e. The molecule has 2 aromatic heterocycles. The lowest BCUT2D eigenvalue weighted by Crippen LogP contribution is -2.36. The summed E-state index contributed by atoms with van der Waals surface area (Å²) in [7, 11) is 0. The van der Waals surface area contributed by atoms with Gasteiger partial charge in [-0.15, -0.1) is 0 Å². The van der Waals surface area contributed by atoms with E-state index in [1.807, 2.05) is 59.5 Å². The highest BCUT2D eigenvalue weighted by molar-refractivity contribution is 5.63. The molecule has 0 spiro atoms. The fraction of sp³-hybridized carbons (Fsp3) is 0.167. The monoisotopic (exact) mass is 410 g/mol. The van der Waals surface area contributed by atoms with E-state index < -0.39 is 0 Å². The van der Waals surface area contributed by atoms with E-state index in [0.29, 0.717) is 30.7 Å². The molecule has 0 bridgehead atoms. The normalized spacial score (nSPS) is 13.0. The van der Waals surface area contributed by atoms with E-state index in [-0.39, 0.29) is 5.56 Å². The molecule has 0 fully saturated rings. The van der Waals surface area contributed by atoms with Gasteiger partial charge < -0.3 is 5.32 Å². The third kappa shape index (κ3) is 4.02. The Morgan fingerprint density at radius 2 is 1.68 bits per heavy atom. The molecule has 0 atom stereocenters. The van der Waals surface area contributed by atoms with Crippen molar-refractivity contribution < 1.29 is 0 Å². The molecule has 7 nitrogen and oxygen atoms in total. The minimum absolute atomic E-state index is 0.0509. The number of hydrogen-bond acceptors (Lipinski definition) is 6. The number of nitrogens with one attached hydrogen (secondary N) is 1. The largest absolute Gasteiger partial charge is 0.350 e. The van der Waals surface area contributed by atoms with Crippen molar-refractivity contribution in [3.05, 3.63) is 94.9 Å². The highest BCUT2D eigenvalue weighted by Crippen LogP contribution is 2.27. The molecule has 0 saturated heterocycles. The van der Waals surface area contributed by atoms with Gasteiger partial charge in [0.1, 0.15) is 5.82 Å². The van der Waals surface area contributed by atoms with Crippen molar-refractivity contribution >= 4 is 17.7 Å². The summed E-state index contributed by atoms with van der Waals surface area (Å²) in [6, 6.07) is 23.3. The Bertz CT molecular complexity index is 1240. The van der Waals surface area contributed by atoms with Crippen LogP contribution >= 0.6 is 0 Å². The first-order valence-electron chi connectivity index (χ1n) is 10.3. The lowest BCUT2D eigenvalue weighted by atomic mass is 10.1. The molecule has 0 aliphatic carbocycles. The van der Waals surface area contributed by atoms with Crippen molar-refractivity contribution in [2.24, 2.45) is 0 Å². The van der Waals surface area contributed by atoms with Gasteiger partial charge in [0.2, 0.25) is 11.9 Å². The maximum absolute atomic E-state index is 12.8. The molecule has 0 unspecified atom stereocenters. The number of benzene rings is 2. The summed E-state index contributed by atoms with van der Waals surface area (Å²) in [6.07, 6.45) is 2.57. The van der Waals surface area contributed by atoms with Crippen molar-refractivity contribution in [1.82, 2.24) is 19.5 Å². The van der Waals surface area contributed by atoms with Crippen LogP contribution in [-0.4, -0.2) is 26.1 Å². The summed E-state index contributed by atoms with van der Waals surface area (Å²) < 4.78 is 1.72. The Kier molecular flexibility index (Phi) is 5.14. The summed E-state index contributed by atoms with van der Waals surface area (Å²) in [5.41, 5.74) is 2.69. The van der Waals surface area contributed by atoms with Gasteiger partial charge >= 0.3 is 0 Å². The van der Waals surface area contributed by atoms with Gasteiger partial charge in [0, 0.05) is 37.5 Å². The predicted molar refractivity (Wildman–Crippen MR) is 121 cm³/mol. The highest BCUT2D eigenvalue weighted by atomic mass is 16.1. The molecule has 31 heavy (non-hydrogen) atoms. The predicted octanol–water partition coefficient (Wildman–Crippen LogP) is 3.85. The standard InChI is InChI=1S/C24H22N6O/c31-22-16-20(19-10-5-2-6-11-19)27-24-29(14-7-15-30(22)24)21-12-13-25-23(28-21)26-17-18-8-3-1-4-9-18/h1-6,8-13,16H,7,14-15,17H2,(H,25,26,28). The number of aromatic nitrogens is 4. The SMILES string of the molecule is O=c1cc(-c2ccccc2)nc2n1CCCN2c1ccnc(NCc2ccccc2)n1. The van der Waals surface area contributed by atoms with Gasteiger partial charge in [0.05, 0.1) is 5.69 Å². The molecule has 4 aromatic rings. The average Bonchev–Trinajstić information content (AvgIpc) is 2.84. The van der Waals surface area contributed by atoms with Gasteiger partial charge in [-0.3, -0.25) is 14.3 Å². The van der Waals surface area contributed by atoms with E-state index in [0.717, 1.165) is 29.9 Å². The zero-order chi connectivity index (χ0) is 21.0. The number of rotatable bonds is 5. The Morgan fingerprint density at radius 1 is 0.903 bits per heavy atom.